The molecule has 0 saturated carbocycles. The smallest absolute Gasteiger partial charge is 0.242 e. The van der Waals surface area contributed by atoms with Crippen molar-refractivity contribution in [3.63, 3.8) is 0 Å². The molecule has 0 aliphatic rings. The second-order valence-corrected chi connectivity index (χ2v) is 7.09. The van der Waals surface area contributed by atoms with Gasteiger partial charge in [-0.1, -0.05) is 25.1 Å². The predicted molar refractivity (Wildman–Crippen MR) is 83.6 cm³/mol. The van der Waals surface area contributed by atoms with Gasteiger partial charge in [0.05, 0.1) is 5.69 Å². The van der Waals surface area contributed by atoms with Crippen molar-refractivity contribution in [2.75, 3.05) is 11.9 Å². The van der Waals surface area contributed by atoms with Gasteiger partial charge >= 0.3 is 0 Å². The van der Waals surface area contributed by atoms with Crippen molar-refractivity contribution < 1.29 is 8.42 Å². The van der Waals surface area contributed by atoms with Crippen molar-refractivity contribution in [2.45, 2.75) is 24.8 Å². The Balaban J connectivity index is 2.16. The Bertz CT molecular complexity index is 637. The molecule has 2 rings (SSSR count). The molecule has 0 bridgehead atoms. The molecule has 0 saturated heterocycles. The number of para-hydroxylation sites is 1. The van der Waals surface area contributed by atoms with Crippen molar-refractivity contribution in [2.24, 2.45) is 0 Å². The third-order valence-electron chi connectivity index (χ3n) is 2.76. The second-order valence-electron chi connectivity index (χ2n) is 4.33. The molecule has 4 nitrogen and oxygen atoms in total. The molecular formula is C14H18N2O2S2. The van der Waals surface area contributed by atoms with Crippen LogP contribution >= 0.6 is 11.3 Å². The normalized spacial score (nSPS) is 11.4. The van der Waals surface area contributed by atoms with Crippen LogP contribution in [0, 0.1) is 0 Å². The first kappa shape index (κ1) is 15.0. The van der Waals surface area contributed by atoms with Crippen LogP contribution in [0.1, 0.15) is 18.2 Å². The van der Waals surface area contributed by atoms with E-state index in [-0.39, 0.29) is 0 Å². The summed E-state index contributed by atoms with van der Waals surface area (Å²) in [6.45, 7) is 3.11. The summed E-state index contributed by atoms with van der Waals surface area (Å²) in [6.07, 6.45) is 0.941. The minimum Gasteiger partial charge on any atom is -0.384 e. The average Bonchev–Trinajstić information content (AvgIpc) is 2.97. The zero-order valence-corrected chi connectivity index (χ0v) is 12.9. The van der Waals surface area contributed by atoms with E-state index in [0.717, 1.165) is 17.8 Å². The summed E-state index contributed by atoms with van der Waals surface area (Å²) in [5.74, 6) is 0. The molecule has 1 aromatic carbocycles. The molecule has 108 valence electrons. The molecule has 0 radical (unpaired) electrons. The maximum Gasteiger partial charge on any atom is 0.242 e. The second kappa shape index (κ2) is 6.88. The maximum atomic E-state index is 12.4. The molecule has 0 amide bonds. The number of nitrogens with one attached hydrogen (secondary N) is 2. The van der Waals surface area contributed by atoms with Crippen LogP contribution in [-0.4, -0.2) is 15.0 Å². The lowest BCUT2D eigenvalue weighted by molar-refractivity contribution is 0.582. The highest BCUT2D eigenvalue weighted by Gasteiger charge is 2.17. The van der Waals surface area contributed by atoms with Gasteiger partial charge in [-0.25, -0.2) is 13.1 Å². The molecule has 0 atom stereocenters. The largest absolute Gasteiger partial charge is 0.384 e. The standard InChI is InChI=1S/C14H18N2O2S2/c1-2-9-15-13-7-3-4-8-14(13)20(17,18)16-11-12-6-5-10-19-12/h3-8,10,15-16H,2,9,11H2,1H3. The van der Waals surface area contributed by atoms with Crippen LogP contribution in [0.4, 0.5) is 5.69 Å². The van der Waals surface area contributed by atoms with Gasteiger partial charge in [-0.05, 0) is 30.0 Å². The Hall–Kier alpha value is -1.37. The Kier molecular flexibility index (Phi) is 5.17. The van der Waals surface area contributed by atoms with E-state index in [1.165, 1.54) is 11.3 Å². The van der Waals surface area contributed by atoms with E-state index in [1.807, 2.05) is 30.5 Å². The average molecular weight is 310 g/mol. The van der Waals surface area contributed by atoms with Crippen LogP contribution in [0.15, 0.2) is 46.7 Å². The fraction of sp³-hybridized carbons (Fsp3) is 0.286. The van der Waals surface area contributed by atoms with Gasteiger partial charge in [0.15, 0.2) is 0 Å². The first-order valence-electron chi connectivity index (χ1n) is 6.48. The zero-order chi connectivity index (χ0) is 14.4. The number of benzene rings is 1. The van der Waals surface area contributed by atoms with Crippen molar-refractivity contribution >= 4 is 27.0 Å². The van der Waals surface area contributed by atoms with Gasteiger partial charge in [0, 0.05) is 18.0 Å². The fourth-order valence-corrected chi connectivity index (χ4v) is 3.69. The molecule has 0 spiro atoms. The topological polar surface area (TPSA) is 58.2 Å². The Morgan fingerprint density at radius 1 is 1.15 bits per heavy atom. The highest BCUT2D eigenvalue weighted by atomic mass is 32.2. The summed E-state index contributed by atoms with van der Waals surface area (Å²) in [6, 6.07) is 10.8. The van der Waals surface area contributed by atoms with Crippen LogP contribution in [0.2, 0.25) is 0 Å². The number of hydrogen-bond donors (Lipinski definition) is 2. The lowest BCUT2D eigenvalue weighted by Crippen LogP contribution is -2.24. The third kappa shape index (κ3) is 3.82. The molecule has 6 heteroatoms. The summed E-state index contributed by atoms with van der Waals surface area (Å²) >= 11 is 1.53. The molecule has 1 heterocycles. The quantitative estimate of drug-likeness (QED) is 0.826. The van der Waals surface area contributed by atoms with Gasteiger partial charge in [-0.15, -0.1) is 11.3 Å². The molecule has 0 fully saturated rings. The molecule has 2 N–H and O–H groups in total. The third-order valence-corrected chi connectivity index (χ3v) is 5.09. The Labute approximate surface area is 123 Å². The van der Waals surface area contributed by atoms with Crippen LogP contribution < -0.4 is 10.0 Å². The van der Waals surface area contributed by atoms with Crippen molar-refractivity contribution in [3.05, 3.63) is 46.7 Å². The summed E-state index contributed by atoms with van der Waals surface area (Å²) in [4.78, 5) is 1.29. The van der Waals surface area contributed by atoms with Crippen LogP contribution in [0.5, 0.6) is 0 Å². The van der Waals surface area contributed by atoms with E-state index >= 15 is 0 Å². The summed E-state index contributed by atoms with van der Waals surface area (Å²) < 4.78 is 27.4. The Morgan fingerprint density at radius 2 is 1.95 bits per heavy atom. The van der Waals surface area contributed by atoms with E-state index in [2.05, 4.69) is 10.0 Å². The molecule has 2 aromatic rings. The number of anilines is 1. The highest BCUT2D eigenvalue weighted by molar-refractivity contribution is 7.89. The van der Waals surface area contributed by atoms with E-state index in [9.17, 15) is 8.42 Å². The molecule has 0 aliphatic heterocycles. The van der Waals surface area contributed by atoms with E-state index in [4.69, 9.17) is 0 Å². The summed E-state index contributed by atoms with van der Waals surface area (Å²) in [5.41, 5.74) is 0.646. The number of hydrogen-bond acceptors (Lipinski definition) is 4. The number of thiophene rings is 1. The van der Waals surface area contributed by atoms with Crippen molar-refractivity contribution in [1.82, 2.24) is 4.72 Å². The van der Waals surface area contributed by atoms with Gasteiger partial charge in [-0.2, -0.15) is 0 Å². The predicted octanol–water partition coefficient (Wildman–Crippen LogP) is 3.05. The summed E-state index contributed by atoms with van der Waals surface area (Å²) in [7, 11) is -3.50. The van der Waals surface area contributed by atoms with E-state index < -0.39 is 10.0 Å². The minimum atomic E-state index is -3.50. The minimum absolute atomic E-state index is 0.296. The molecule has 1 aromatic heterocycles. The van der Waals surface area contributed by atoms with Crippen LogP contribution in [0.25, 0.3) is 0 Å². The Morgan fingerprint density at radius 3 is 2.65 bits per heavy atom. The molecular weight excluding hydrogens is 292 g/mol. The van der Waals surface area contributed by atoms with Gasteiger partial charge in [-0.3, -0.25) is 0 Å². The monoisotopic (exact) mass is 310 g/mol. The summed E-state index contributed by atoms with van der Waals surface area (Å²) in [5, 5.41) is 5.08. The first-order valence-corrected chi connectivity index (χ1v) is 8.84. The fourth-order valence-electron chi connectivity index (χ4n) is 1.76. The van der Waals surface area contributed by atoms with Gasteiger partial charge < -0.3 is 5.32 Å². The molecule has 0 aliphatic carbocycles. The van der Waals surface area contributed by atoms with Gasteiger partial charge in [0.2, 0.25) is 10.0 Å². The van der Waals surface area contributed by atoms with Crippen LogP contribution in [-0.2, 0) is 16.6 Å². The van der Waals surface area contributed by atoms with Gasteiger partial charge in [0.25, 0.3) is 0 Å². The lowest BCUT2D eigenvalue weighted by atomic mass is 10.3. The first-order chi connectivity index (χ1) is 9.63. The van der Waals surface area contributed by atoms with Gasteiger partial charge in [0.1, 0.15) is 4.90 Å². The van der Waals surface area contributed by atoms with Crippen molar-refractivity contribution in [3.8, 4) is 0 Å². The molecule has 0 unspecified atom stereocenters. The SMILES string of the molecule is CCCNc1ccccc1S(=O)(=O)NCc1cccs1. The zero-order valence-electron chi connectivity index (χ0n) is 11.3. The maximum absolute atomic E-state index is 12.4. The number of sulfonamides is 1. The highest BCUT2D eigenvalue weighted by Crippen LogP contribution is 2.21. The number of rotatable bonds is 7. The molecule has 20 heavy (non-hydrogen) atoms. The van der Waals surface area contributed by atoms with E-state index in [0.29, 0.717) is 17.1 Å². The van der Waals surface area contributed by atoms with Crippen LogP contribution in [0.3, 0.4) is 0 Å². The van der Waals surface area contributed by atoms with E-state index in [1.54, 1.807) is 18.2 Å². The lowest BCUT2D eigenvalue weighted by Gasteiger charge is -2.12. The van der Waals surface area contributed by atoms with Crippen molar-refractivity contribution in [1.29, 1.82) is 0 Å².